The van der Waals surface area contributed by atoms with E-state index in [1.54, 1.807) is 12.1 Å². The van der Waals surface area contributed by atoms with Crippen molar-refractivity contribution in [3.05, 3.63) is 35.6 Å². The monoisotopic (exact) mass is 475 g/mol. The fourth-order valence-corrected chi connectivity index (χ4v) is 4.81. The summed E-state index contributed by atoms with van der Waals surface area (Å²) < 4.78 is 13.3. The van der Waals surface area contributed by atoms with Crippen molar-refractivity contribution in [3.63, 3.8) is 0 Å². The number of amides is 2. The molecule has 0 bridgehead atoms. The van der Waals surface area contributed by atoms with Crippen LogP contribution in [0.1, 0.15) is 78.7 Å². The number of piperazine rings is 1. The van der Waals surface area contributed by atoms with E-state index in [-0.39, 0.29) is 23.0 Å². The Labute approximate surface area is 206 Å². The molecule has 0 N–H and O–H groups in total. The molecule has 192 valence electrons. The van der Waals surface area contributed by atoms with Crippen LogP contribution in [0.4, 0.5) is 4.39 Å². The van der Waals surface area contributed by atoms with E-state index >= 15 is 0 Å². The summed E-state index contributed by atoms with van der Waals surface area (Å²) in [4.78, 5) is 31.9. The highest BCUT2D eigenvalue weighted by Crippen LogP contribution is 2.26. The summed E-state index contributed by atoms with van der Waals surface area (Å²) in [6.07, 6.45) is 5.28. The molecule has 1 fully saturated rings. The predicted octanol–water partition coefficient (Wildman–Crippen LogP) is 5.34. The summed E-state index contributed by atoms with van der Waals surface area (Å²) in [5, 5.41) is 0. The van der Waals surface area contributed by atoms with Crippen LogP contribution in [0.25, 0.3) is 0 Å². The van der Waals surface area contributed by atoms with Crippen LogP contribution in [0.15, 0.2) is 24.3 Å². The first-order valence-corrected chi connectivity index (χ1v) is 13.1. The maximum atomic E-state index is 13.3. The standard InChI is InChI=1S/C28H46FN3O2/c1-6-7-8-9-26(33)32(22-24-10-12-25(29)13-11-24)19-16-30-14-17-31(18-15-30)27(34)20-23(2)21-28(3,4)5/h10-13,23H,6-9,14-22H2,1-5H3. The maximum absolute atomic E-state index is 13.3. The molecular formula is C28H46FN3O2. The van der Waals surface area contributed by atoms with Gasteiger partial charge in [0.25, 0.3) is 0 Å². The zero-order valence-electron chi connectivity index (χ0n) is 22.1. The second kappa shape index (κ2) is 13.8. The second-order valence-corrected chi connectivity index (χ2v) is 11.2. The highest BCUT2D eigenvalue weighted by molar-refractivity contribution is 5.76. The highest BCUT2D eigenvalue weighted by Gasteiger charge is 2.25. The summed E-state index contributed by atoms with van der Waals surface area (Å²) in [5.41, 5.74) is 1.19. The van der Waals surface area contributed by atoms with Gasteiger partial charge in [-0.2, -0.15) is 0 Å². The number of nitrogens with zero attached hydrogens (tertiary/aromatic N) is 3. The Balaban J connectivity index is 1.83. The van der Waals surface area contributed by atoms with Crippen LogP contribution in [0.5, 0.6) is 0 Å². The van der Waals surface area contributed by atoms with Crippen LogP contribution in [0.2, 0.25) is 0 Å². The van der Waals surface area contributed by atoms with E-state index in [1.165, 1.54) is 12.1 Å². The topological polar surface area (TPSA) is 43.9 Å². The van der Waals surface area contributed by atoms with Crippen LogP contribution in [0, 0.1) is 17.2 Å². The Hall–Kier alpha value is -1.95. The molecule has 1 aromatic rings. The van der Waals surface area contributed by atoms with E-state index in [0.29, 0.717) is 31.8 Å². The van der Waals surface area contributed by atoms with Gasteiger partial charge in [-0.05, 0) is 41.9 Å². The summed E-state index contributed by atoms with van der Waals surface area (Å²) in [5.74, 6) is 0.564. The SMILES string of the molecule is CCCCCC(=O)N(CCN1CCN(C(=O)CC(C)CC(C)(C)C)CC1)Cc1ccc(F)cc1. The third-order valence-electron chi connectivity index (χ3n) is 6.53. The fourth-order valence-electron chi connectivity index (χ4n) is 4.81. The van der Waals surface area contributed by atoms with Crippen LogP contribution in [-0.2, 0) is 16.1 Å². The van der Waals surface area contributed by atoms with Crippen molar-refractivity contribution in [1.29, 1.82) is 0 Å². The van der Waals surface area contributed by atoms with Crippen molar-refractivity contribution in [2.45, 2.75) is 79.7 Å². The Morgan fingerprint density at radius 2 is 1.71 bits per heavy atom. The zero-order chi connectivity index (χ0) is 25.1. The average Bonchev–Trinajstić information content (AvgIpc) is 2.77. The van der Waals surface area contributed by atoms with Gasteiger partial charge in [0, 0.05) is 58.7 Å². The first-order valence-electron chi connectivity index (χ1n) is 13.1. The summed E-state index contributed by atoms with van der Waals surface area (Å²) in [7, 11) is 0. The van der Waals surface area contributed by atoms with Gasteiger partial charge in [0.2, 0.25) is 11.8 Å². The van der Waals surface area contributed by atoms with Gasteiger partial charge in [-0.1, -0.05) is 59.6 Å². The highest BCUT2D eigenvalue weighted by atomic mass is 19.1. The first-order chi connectivity index (χ1) is 16.1. The molecule has 6 heteroatoms. The van der Waals surface area contributed by atoms with Gasteiger partial charge in [-0.3, -0.25) is 14.5 Å². The average molecular weight is 476 g/mol. The number of halogens is 1. The molecule has 1 saturated heterocycles. The molecule has 0 spiro atoms. The van der Waals surface area contributed by atoms with E-state index in [9.17, 15) is 14.0 Å². The van der Waals surface area contributed by atoms with Crippen LogP contribution in [-0.4, -0.2) is 65.8 Å². The molecule has 0 aromatic heterocycles. The van der Waals surface area contributed by atoms with E-state index in [2.05, 4.69) is 39.5 Å². The van der Waals surface area contributed by atoms with Gasteiger partial charge in [0.1, 0.15) is 5.82 Å². The van der Waals surface area contributed by atoms with Crippen molar-refractivity contribution in [2.24, 2.45) is 11.3 Å². The Kier molecular flexibility index (Phi) is 11.5. The number of unbranched alkanes of at least 4 members (excludes halogenated alkanes) is 2. The van der Waals surface area contributed by atoms with E-state index in [0.717, 1.165) is 64.0 Å². The normalized spacial score (nSPS) is 15.9. The number of carbonyl (C=O) groups is 2. The van der Waals surface area contributed by atoms with Crippen molar-refractivity contribution in [3.8, 4) is 0 Å². The number of carbonyl (C=O) groups excluding carboxylic acids is 2. The quantitative estimate of drug-likeness (QED) is 0.383. The Morgan fingerprint density at radius 1 is 1.06 bits per heavy atom. The van der Waals surface area contributed by atoms with Gasteiger partial charge in [0.15, 0.2) is 0 Å². The minimum Gasteiger partial charge on any atom is -0.340 e. The van der Waals surface area contributed by atoms with E-state index in [1.807, 2.05) is 9.80 Å². The summed E-state index contributed by atoms with van der Waals surface area (Å²) >= 11 is 0. The van der Waals surface area contributed by atoms with Crippen molar-refractivity contribution in [1.82, 2.24) is 14.7 Å². The van der Waals surface area contributed by atoms with Gasteiger partial charge in [-0.25, -0.2) is 4.39 Å². The van der Waals surface area contributed by atoms with Gasteiger partial charge < -0.3 is 9.80 Å². The van der Waals surface area contributed by atoms with Crippen LogP contribution < -0.4 is 0 Å². The molecule has 1 aromatic carbocycles. The van der Waals surface area contributed by atoms with Gasteiger partial charge in [-0.15, -0.1) is 0 Å². The molecule has 2 rings (SSSR count). The van der Waals surface area contributed by atoms with E-state index < -0.39 is 0 Å². The maximum Gasteiger partial charge on any atom is 0.222 e. The van der Waals surface area contributed by atoms with Crippen molar-refractivity contribution >= 4 is 11.8 Å². The summed E-state index contributed by atoms with van der Waals surface area (Å²) in [6, 6.07) is 6.42. The predicted molar refractivity (Wildman–Crippen MR) is 137 cm³/mol. The zero-order valence-corrected chi connectivity index (χ0v) is 22.1. The molecule has 5 nitrogen and oxygen atoms in total. The lowest BCUT2D eigenvalue weighted by Crippen LogP contribution is -2.50. The van der Waals surface area contributed by atoms with Crippen molar-refractivity contribution in [2.75, 3.05) is 39.3 Å². The first kappa shape index (κ1) is 28.3. The molecule has 0 radical (unpaired) electrons. The molecule has 1 unspecified atom stereocenters. The molecule has 1 atom stereocenters. The minimum absolute atomic E-state index is 0.166. The number of benzene rings is 1. The van der Waals surface area contributed by atoms with Gasteiger partial charge >= 0.3 is 0 Å². The smallest absolute Gasteiger partial charge is 0.222 e. The third-order valence-corrected chi connectivity index (χ3v) is 6.53. The largest absolute Gasteiger partial charge is 0.340 e. The summed E-state index contributed by atoms with van der Waals surface area (Å²) in [6.45, 7) is 16.1. The molecular weight excluding hydrogens is 429 g/mol. The molecule has 1 heterocycles. The molecule has 0 saturated carbocycles. The minimum atomic E-state index is -0.259. The number of rotatable bonds is 12. The van der Waals surface area contributed by atoms with Crippen LogP contribution in [0.3, 0.4) is 0 Å². The van der Waals surface area contributed by atoms with Gasteiger partial charge in [0.05, 0.1) is 0 Å². The van der Waals surface area contributed by atoms with Crippen molar-refractivity contribution < 1.29 is 14.0 Å². The lowest BCUT2D eigenvalue weighted by atomic mass is 9.84. The Bertz CT molecular complexity index is 752. The third kappa shape index (κ3) is 10.5. The molecule has 1 aliphatic heterocycles. The number of hydrogen-bond donors (Lipinski definition) is 0. The Morgan fingerprint density at radius 3 is 2.29 bits per heavy atom. The molecule has 34 heavy (non-hydrogen) atoms. The second-order valence-electron chi connectivity index (χ2n) is 11.2. The van der Waals surface area contributed by atoms with Crippen LogP contribution >= 0.6 is 0 Å². The fraction of sp³-hybridized carbons (Fsp3) is 0.714. The molecule has 1 aliphatic rings. The van der Waals surface area contributed by atoms with E-state index in [4.69, 9.17) is 0 Å². The number of hydrogen-bond acceptors (Lipinski definition) is 3. The molecule has 0 aliphatic carbocycles. The molecule has 2 amide bonds. The lowest BCUT2D eigenvalue weighted by molar-refractivity contribution is -0.134. The lowest BCUT2D eigenvalue weighted by Gasteiger charge is -2.36.